The van der Waals surface area contributed by atoms with E-state index in [1.807, 2.05) is 12.3 Å². The van der Waals surface area contributed by atoms with Crippen LogP contribution in [0.3, 0.4) is 0 Å². The first-order valence-corrected chi connectivity index (χ1v) is 15.2. The highest BCUT2D eigenvalue weighted by molar-refractivity contribution is 7.17. The molecule has 3 amide bonds. The summed E-state index contributed by atoms with van der Waals surface area (Å²) >= 11 is 7.81. The summed E-state index contributed by atoms with van der Waals surface area (Å²) in [4.78, 5) is 51.9. The number of anilines is 3. The minimum atomic E-state index is -0.585. The molecule has 232 valence electrons. The first kappa shape index (κ1) is 30.0. The molecule has 0 fully saturated rings. The number of carbonyl (C=O) groups excluding carboxylic acids is 3. The number of carbonyl (C=O) groups is 3. The Morgan fingerprint density at radius 1 is 0.978 bits per heavy atom. The Morgan fingerprint density at radius 3 is 2.16 bits per heavy atom. The van der Waals surface area contributed by atoms with E-state index in [1.165, 1.54) is 45.8 Å². The maximum Gasteiger partial charge on any atom is 0.287 e. The summed E-state index contributed by atoms with van der Waals surface area (Å²) in [5, 5.41) is 30.2. The number of aromatic hydroxyl groups is 1. The van der Waals surface area contributed by atoms with Crippen molar-refractivity contribution in [3.05, 3.63) is 86.6 Å². The van der Waals surface area contributed by atoms with Gasteiger partial charge in [-0.15, -0.1) is 22.9 Å². The Hall–Kier alpha value is -5.08. The zero-order chi connectivity index (χ0) is 32.3. The summed E-state index contributed by atoms with van der Waals surface area (Å²) in [5.41, 5.74) is 3.71. The molecule has 3 N–H and O–H groups in total. The number of nitro groups is 1. The Bertz CT molecular complexity index is 2050. The van der Waals surface area contributed by atoms with Crippen LogP contribution in [-0.2, 0) is 21.1 Å². The second-order valence-corrected chi connectivity index (χ2v) is 12.2. The molecule has 0 bridgehead atoms. The highest BCUT2D eigenvalue weighted by Gasteiger charge is 2.36. The highest BCUT2D eigenvalue weighted by Crippen LogP contribution is 2.48. The molecule has 6 rings (SSSR count). The van der Waals surface area contributed by atoms with Crippen molar-refractivity contribution in [3.8, 4) is 5.75 Å². The fourth-order valence-electron chi connectivity index (χ4n) is 5.84. The maximum atomic E-state index is 13.9. The number of fused-ring (bicyclic) bond motifs is 3. The van der Waals surface area contributed by atoms with E-state index in [2.05, 4.69) is 10.6 Å². The molecule has 1 aliphatic rings. The van der Waals surface area contributed by atoms with Gasteiger partial charge in [-0.25, -0.2) is 0 Å². The smallest absolute Gasteiger partial charge is 0.287 e. The molecule has 45 heavy (non-hydrogen) atoms. The van der Waals surface area contributed by atoms with E-state index in [1.54, 1.807) is 48.1 Å². The highest BCUT2D eigenvalue weighted by atomic mass is 35.5. The first-order valence-electron chi connectivity index (χ1n) is 13.8. The van der Waals surface area contributed by atoms with Crippen LogP contribution in [0.5, 0.6) is 5.75 Å². The van der Waals surface area contributed by atoms with Crippen LogP contribution in [0.25, 0.3) is 10.1 Å². The van der Waals surface area contributed by atoms with E-state index < -0.39 is 16.7 Å². The Morgan fingerprint density at radius 2 is 1.56 bits per heavy atom. The number of phenolic OH excluding ortho intramolecular Hbond substituents is 1. The van der Waals surface area contributed by atoms with Crippen molar-refractivity contribution >= 4 is 73.5 Å². The van der Waals surface area contributed by atoms with Gasteiger partial charge in [0.25, 0.3) is 23.4 Å². The third-order valence-electron chi connectivity index (χ3n) is 7.97. The number of amides is 3. The van der Waals surface area contributed by atoms with Crippen LogP contribution >= 0.6 is 22.9 Å². The van der Waals surface area contributed by atoms with Crippen molar-refractivity contribution in [1.82, 2.24) is 13.7 Å². The molecular formula is C30H28ClN7O6S. The molecule has 0 radical (unpaired) electrons. The molecule has 0 saturated carbocycles. The van der Waals surface area contributed by atoms with Crippen LogP contribution in [0, 0.1) is 17.0 Å². The average molecular weight is 650 g/mol. The van der Waals surface area contributed by atoms with E-state index >= 15 is 0 Å². The van der Waals surface area contributed by atoms with Gasteiger partial charge in [-0.1, -0.05) is 0 Å². The van der Waals surface area contributed by atoms with Crippen molar-refractivity contribution in [1.29, 1.82) is 0 Å². The van der Waals surface area contributed by atoms with E-state index in [0.717, 1.165) is 21.2 Å². The fraction of sp³-hybridized carbons (Fsp3) is 0.233. The quantitative estimate of drug-likeness (QED) is 0.123. The van der Waals surface area contributed by atoms with Crippen LogP contribution in [0.2, 0.25) is 0 Å². The van der Waals surface area contributed by atoms with E-state index in [9.17, 15) is 29.6 Å². The van der Waals surface area contributed by atoms with Gasteiger partial charge >= 0.3 is 0 Å². The number of nitrogens with zero attached hydrogens (tertiary/aromatic N) is 5. The number of halogens is 1. The zero-order valence-corrected chi connectivity index (χ0v) is 26.2. The van der Waals surface area contributed by atoms with Gasteiger partial charge in [-0.05, 0) is 35.6 Å². The Labute approximate surface area is 265 Å². The van der Waals surface area contributed by atoms with Gasteiger partial charge in [0.2, 0.25) is 0 Å². The minimum Gasteiger partial charge on any atom is -0.506 e. The van der Waals surface area contributed by atoms with Gasteiger partial charge in [-0.2, -0.15) is 0 Å². The van der Waals surface area contributed by atoms with E-state index in [-0.39, 0.29) is 34.6 Å². The van der Waals surface area contributed by atoms with Gasteiger partial charge in [0.1, 0.15) is 22.8 Å². The van der Waals surface area contributed by atoms with Gasteiger partial charge in [0.15, 0.2) is 0 Å². The van der Waals surface area contributed by atoms with Crippen LogP contribution in [-0.4, -0.2) is 53.9 Å². The van der Waals surface area contributed by atoms with Crippen LogP contribution in [0.1, 0.15) is 48.5 Å². The molecule has 0 saturated heterocycles. The predicted octanol–water partition coefficient (Wildman–Crippen LogP) is 5.33. The molecule has 5 aromatic rings. The van der Waals surface area contributed by atoms with Gasteiger partial charge in [0, 0.05) is 69.4 Å². The summed E-state index contributed by atoms with van der Waals surface area (Å²) in [7, 11) is 4.86. The summed E-state index contributed by atoms with van der Waals surface area (Å²) in [6, 6.07) is 5.85. The SMILES string of the molecule is Cc1csc2c(O)cc3c(c12)C(CCl)CN3C(=O)c1cc(NC(=O)c2cc(NC(=O)c3cc([N+](=O)[O-])cn3C)cn2C)cn1C. The van der Waals surface area contributed by atoms with E-state index in [4.69, 9.17) is 11.6 Å². The normalized spacial score (nSPS) is 14.2. The number of benzene rings is 1. The third-order valence-corrected chi connectivity index (χ3v) is 9.46. The van der Waals surface area contributed by atoms with Crippen molar-refractivity contribution in [2.45, 2.75) is 12.8 Å². The lowest BCUT2D eigenvalue weighted by Crippen LogP contribution is -2.31. The number of hydrogen-bond donors (Lipinski definition) is 3. The maximum absolute atomic E-state index is 13.9. The molecule has 1 unspecified atom stereocenters. The number of alkyl halides is 1. The number of nitrogens with one attached hydrogen (secondary N) is 2. The summed E-state index contributed by atoms with van der Waals surface area (Å²) < 4.78 is 5.27. The number of hydrogen-bond acceptors (Lipinski definition) is 7. The second kappa shape index (κ2) is 11.1. The number of rotatable bonds is 7. The lowest BCUT2D eigenvalue weighted by Gasteiger charge is -2.18. The predicted molar refractivity (Wildman–Crippen MR) is 172 cm³/mol. The lowest BCUT2D eigenvalue weighted by atomic mass is 9.97. The number of phenols is 1. The van der Waals surface area contributed by atoms with Crippen molar-refractivity contribution < 1.29 is 24.4 Å². The molecular weight excluding hydrogens is 622 g/mol. The topological polar surface area (TPSA) is 157 Å². The number of aryl methyl sites for hydroxylation is 4. The molecule has 0 aliphatic carbocycles. The Kier molecular flexibility index (Phi) is 7.41. The largest absolute Gasteiger partial charge is 0.506 e. The van der Waals surface area contributed by atoms with Gasteiger partial charge < -0.3 is 34.3 Å². The van der Waals surface area contributed by atoms with Crippen molar-refractivity contribution in [3.63, 3.8) is 0 Å². The fourth-order valence-corrected chi connectivity index (χ4v) is 7.07. The standard InChI is InChI=1S/C30H28ClN7O6S/c1-15-14-45-27-24(39)8-20-26(25(15)27)16(9-31)10-37(20)30(42)23-6-18(12-35(23)3)33-28(40)21-5-17(11-34(21)2)32-29(41)22-7-19(38(43)44)13-36(22)4/h5-8,11-14,16,39H,9-10H2,1-4H3,(H,32,41)(H,33,40). The first-order chi connectivity index (χ1) is 21.4. The molecule has 0 spiro atoms. The molecule has 15 heteroatoms. The van der Waals surface area contributed by atoms with Gasteiger partial charge in [0.05, 0.1) is 32.9 Å². The van der Waals surface area contributed by atoms with E-state index in [0.29, 0.717) is 35.2 Å². The average Bonchev–Trinajstić information content (AvgIpc) is 3.79. The Balaban J connectivity index is 1.21. The molecule has 1 atom stereocenters. The van der Waals surface area contributed by atoms with Crippen LogP contribution < -0.4 is 15.5 Å². The molecule has 5 heterocycles. The summed E-state index contributed by atoms with van der Waals surface area (Å²) in [6.07, 6.45) is 4.41. The van der Waals surface area contributed by atoms with Crippen LogP contribution in [0.15, 0.2) is 48.2 Å². The van der Waals surface area contributed by atoms with Crippen molar-refractivity contribution in [2.24, 2.45) is 21.1 Å². The number of thiophene rings is 1. The summed E-state index contributed by atoms with van der Waals surface area (Å²) in [5.74, 6) is -1.04. The second-order valence-electron chi connectivity index (χ2n) is 11.0. The molecule has 4 aromatic heterocycles. The molecule has 13 nitrogen and oxygen atoms in total. The minimum absolute atomic E-state index is 0.0844. The molecule has 1 aromatic carbocycles. The number of aromatic nitrogens is 3. The third kappa shape index (κ3) is 5.11. The zero-order valence-electron chi connectivity index (χ0n) is 24.6. The monoisotopic (exact) mass is 649 g/mol. The summed E-state index contributed by atoms with van der Waals surface area (Å²) in [6.45, 7) is 2.33. The lowest BCUT2D eigenvalue weighted by molar-refractivity contribution is -0.384. The molecule has 1 aliphatic heterocycles. The van der Waals surface area contributed by atoms with Gasteiger partial charge in [-0.3, -0.25) is 24.5 Å². The van der Waals surface area contributed by atoms with Crippen LogP contribution in [0.4, 0.5) is 22.7 Å². The van der Waals surface area contributed by atoms with Crippen molar-refractivity contribution in [2.75, 3.05) is 28.0 Å².